The second-order valence-corrected chi connectivity index (χ2v) is 3.52. The Morgan fingerprint density at radius 3 is 3.40 bits per heavy atom. The summed E-state index contributed by atoms with van der Waals surface area (Å²) >= 11 is 2.00. The van der Waals surface area contributed by atoms with Crippen LogP contribution in [0.5, 0.6) is 0 Å². The molecule has 1 aromatic heterocycles. The largest absolute Gasteiger partial charge is 0.261 e. The molecule has 2 heteroatoms. The zero-order valence-electron chi connectivity index (χ0n) is 5.71. The van der Waals surface area contributed by atoms with Gasteiger partial charge in [-0.2, -0.15) is 11.8 Å². The normalized spacial score (nSPS) is 16.4. The van der Waals surface area contributed by atoms with Crippen molar-refractivity contribution in [2.45, 2.75) is 12.2 Å². The van der Waals surface area contributed by atoms with Crippen LogP contribution in [-0.2, 0) is 12.2 Å². The van der Waals surface area contributed by atoms with E-state index >= 15 is 0 Å². The Bertz CT molecular complexity index is 209. The molecule has 0 fully saturated rings. The molecule has 0 aromatic carbocycles. The zero-order chi connectivity index (χ0) is 6.81. The molecule has 0 saturated heterocycles. The third-order valence-electron chi connectivity index (χ3n) is 1.73. The summed E-state index contributed by atoms with van der Waals surface area (Å²) in [6, 6.07) is 4.19. The molecular formula is C8H9NS. The van der Waals surface area contributed by atoms with E-state index in [9.17, 15) is 0 Å². The Labute approximate surface area is 64.9 Å². The molecule has 2 heterocycles. The van der Waals surface area contributed by atoms with Crippen LogP contribution < -0.4 is 0 Å². The maximum atomic E-state index is 4.31. The van der Waals surface area contributed by atoms with Crippen molar-refractivity contribution in [1.29, 1.82) is 0 Å². The molecule has 1 aliphatic heterocycles. The van der Waals surface area contributed by atoms with E-state index in [4.69, 9.17) is 0 Å². The van der Waals surface area contributed by atoms with Crippen LogP contribution in [0.15, 0.2) is 18.3 Å². The van der Waals surface area contributed by atoms with Crippen molar-refractivity contribution in [3.05, 3.63) is 29.6 Å². The second kappa shape index (κ2) is 2.62. The predicted octanol–water partition coefficient (Wildman–Crippen LogP) is 1.87. The summed E-state index contributed by atoms with van der Waals surface area (Å²) in [5.74, 6) is 2.40. The van der Waals surface area contributed by atoms with E-state index in [0.717, 1.165) is 12.2 Å². The van der Waals surface area contributed by atoms with Crippen LogP contribution in [0, 0.1) is 0 Å². The molecule has 10 heavy (non-hydrogen) atoms. The van der Waals surface area contributed by atoms with Gasteiger partial charge in [-0.15, -0.1) is 0 Å². The maximum Gasteiger partial charge on any atom is 0.0452 e. The first-order chi connectivity index (χ1) is 4.97. The molecule has 0 bridgehead atoms. The molecule has 0 atom stereocenters. The highest BCUT2D eigenvalue weighted by molar-refractivity contribution is 7.98. The second-order valence-electron chi connectivity index (χ2n) is 2.41. The van der Waals surface area contributed by atoms with Crippen LogP contribution in [0.4, 0.5) is 0 Å². The number of aromatic nitrogens is 1. The number of fused-ring (bicyclic) bond motifs is 1. The Kier molecular flexibility index (Phi) is 1.63. The van der Waals surface area contributed by atoms with Crippen molar-refractivity contribution >= 4 is 11.8 Å². The first kappa shape index (κ1) is 6.23. The Balaban J connectivity index is 2.41. The number of thioether (sulfide) groups is 1. The Morgan fingerprint density at radius 2 is 2.50 bits per heavy atom. The van der Waals surface area contributed by atoms with E-state index in [0.29, 0.717) is 0 Å². The van der Waals surface area contributed by atoms with Gasteiger partial charge < -0.3 is 0 Å². The summed E-state index contributed by atoms with van der Waals surface area (Å²) in [5, 5.41) is 0. The molecule has 0 amide bonds. The smallest absolute Gasteiger partial charge is 0.0452 e. The molecule has 0 unspecified atom stereocenters. The third kappa shape index (κ3) is 1.03. The molecule has 1 nitrogen and oxygen atoms in total. The van der Waals surface area contributed by atoms with E-state index in [1.807, 2.05) is 24.0 Å². The number of hydrogen-bond acceptors (Lipinski definition) is 2. The zero-order valence-corrected chi connectivity index (χ0v) is 6.53. The quantitative estimate of drug-likeness (QED) is 0.561. The van der Waals surface area contributed by atoms with Crippen molar-refractivity contribution in [3.63, 3.8) is 0 Å². The fourth-order valence-corrected chi connectivity index (χ4v) is 2.14. The average Bonchev–Trinajstić information content (AvgIpc) is 2.05. The lowest BCUT2D eigenvalue weighted by Crippen LogP contribution is -2.03. The molecule has 1 aromatic rings. The highest BCUT2D eigenvalue weighted by atomic mass is 32.2. The van der Waals surface area contributed by atoms with E-state index < -0.39 is 0 Å². The molecule has 0 N–H and O–H groups in total. The molecule has 52 valence electrons. The highest BCUT2D eigenvalue weighted by Gasteiger charge is 2.07. The van der Waals surface area contributed by atoms with Gasteiger partial charge in [-0.05, 0) is 23.8 Å². The van der Waals surface area contributed by atoms with E-state index in [2.05, 4.69) is 11.1 Å². The summed E-state index contributed by atoms with van der Waals surface area (Å²) < 4.78 is 0. The van der Waals surface area contributed by atoms with Crippen molar-refractivity contribution in [2.75, 3.05) is 5.75 Å². The Morgan fingerprint density at radius 1 is 1.50 bits per heavy atom. The molecular weight excluding hydrogens is 142 g/mol. The number of hydrogen-bond donors (Lipinski definition) is 0. The molecule has 0 saturated carbocycles. The summed E-state index contributed by atoms with van der Waals surface area (Å²) in [6.45, 7) is 0. The van der Waals surface area contributed by atoms with Crippen LogP contribution in [0.25, 0.3) is 0 Å². The van der Waals surface area contributed by atoms with Gasteiger partial charge in [0.1, 0.15) is 0 Å². The summed E-state index contributed by atoms with van der Waals surface area (Å²) in [5.41, 5.74) is 2.74. The number of rotatable bonds is 0. The van der Waals surface area contributed by atoms with Gasteiger partial charge in [0.15, 0.2) is 0 Å². The topological polar surface area (TPSA) is 12.9 Å². The number of aryl methyl sites for hydroxylation is 1. The van der Waals surface area contributed by atoms with Gasteiger partial charge in [-0.25, -0.2) is 0 Å². The summed E-state index contributed by atoms with van der Waals surface area (Å²) in [7, 11) is 0. The van der Waals surface area contributed by atoms with Crippen LogP contribution in [0.2, 0.25) is 0 Å². The maximum absolute atomic E-state index is 4.31. The minimum absolute atomic E-state index is 1.15. The highest BCUT2D eigenvalue weighted by Crippen LogP contribution is 2.21. The van der Waals surface area contributed by atoms with Gasteiger partial charge in [-0.1, -0.05) is 6.07 Å². The van der Waals surface area contributed by atoms with Crippen molar-refractivity contribution in [2.24, 2.45) is 0 Å². The van der Waals surface area contributed by atoms with Crippen LogP contribution in [-0.4, -0.2) is 10.7 Å². The van der Waals surface area contributed by atoms with Gasteiger partial charge in [0.2, 0.25) is 0 Å². The molecule has 0 spiro atoms. The van der Waals surface area contributed by atoms with Gasteiger partial charge in [0, 0.05) is 17.6 Å². The fraction of sp³-hybridized carbons (Fsp3) is 0.375. The van der Waals surface area contributed by atoms with E-state index in [1.165, 1.54) is 17.0 Å². The third-order valence-corrected chi connectivity index (χ3v) is 2.73. The van der Waals surface area contributed by atoms with Crippen molar-refractivity contribution in [1.82, 2.24) is 4.98 Å². The lowest BCUT2D eigenvalue weighted by Gasteiger charge is -2.12. The summed E-state index contributed by atoms with van der Waals surface area (Å²) in [6.07, 6.45) is 3.04. The molecule has 2 rings (SSSR count). The number of nitrogens with zero attached hydrogens (tertiary/aromatic N) is 1. The fourth-order valence-electron chi connectivity index (χ4n) is 1.18. The summed E-state index contributed by atoms with van der Waals surface area (Å²) in [4.78, 5) is 4.31. The van der Waals surface area contributed by atoms with Crippen molar-refractivity contribution in [3.8, 4) is 0 Å². The lowest BCUT2D eigenvalue weighted by molar-refractivity contribution is 0.992. The molecule has 0 aliphatic carbocycles. The van der Waals surface area contributed by atoms with E-state index in [-0.39, 0.29) is 0 Å². The van der Waals surface area contributed by atoms with Gasteiger partial charge in [0.25, 0.3) is 0 Å². The molecule has 0 radical (unpaired) electrons. The number of pyridine rings is 1. The van der Waals surface area contributed by atoms with Crippen LogP contribution in [0.3, 0.4) is 0 Å². The lowest BCUT2D eigenvalue weighted by atomic mass is 10.2. The minimum atomic E-state index is 1.15. The molecule has 1 aliphatic rings. The minimum Gasteiger partial charge on any atom is -0.261 e. The van der Waals surface area contributed by atoms with E-state index in [1.54, 1.807) is 0 Å². The van der Waals surface area contributed by atoms with Crippen molar-refractivity contribution < 1.29 is 0 Å². The van der Waals surface area contributed by atoms with Gasteiger partial charge in [0.05, 0.1) is 0 Å². The van der Waals surface area contributed by atoms with Gasteiger partial charge in [-0.3, -0.25) is 4.98 Å². The van der Waals surface area contributed by atoms with Gasteiger partial charge >= 0.3 is 0 Å². The standard InChI is InChI=1S/C8H9NS/c1-2-7-6-10-5-3-8(7)9-4-1/h1-2,4H,3,5-6H2. The first-order valence-electron chi connectivity index (χ1n) is 3.47. The Hall–Kier alpha value is -0.500. The first-order valence-corrected chi connectivity index (χ1v) is 4.63. The van der Waals surface area contributed by atoms with Crippen LogP contribution >= 0.6 is 11.8 Å². The SMILES string of the molecule is c1cnc2c(c1)CSCC2. The predicted molar refractivity (Wildman–Crippen MR) is 44.1 cm³/mol. The van der Waals surface area contributed by atoms with Crippen LogP contribution in [0.1, 0.15) is 11.3 Å². The monoisotopic (exact) mass is 151 g/mol. The average molecular weight is 151 g/mol.